The van der Waals surface area contributed by atoms with Crippen molar-refractivity contribution in [3.05, 3.63) is 59.9 Å². The van der Waals surface area contributed by atoms with Gasteiger partial charge in [-0.1, -0.05) is 18.2 Å². The van der Waals surface area contributed by atoms with E-state index >= 15 is 0 Å². The van der Waals surface area contributed by atoms with E-state index in [1.165, 1.54) is 11.1 Å². The average Bonchev–Trinajstić information content (AvgIpc) is 3.00. The van der Waals surface area contributed by atoms with Crippen LogP contribution in [0.4, 0.5) is 0 Å². The first-order valence-corrected chi connectivity index (χ1v) is 7.05. The molecule has 0 saturated carbocycles. The van der Waals surface area contributed by atoms with E-state index in [0.29, 0.717) is 0 Å². The maximum absolute atomic E-state index is 5.18. The number of rotatable bonds is 5. The van der Waals surface area contributed by atoms with Crippen LogP contribution in [-0.2, 0) is 6.54 Å². The van der Waals surface area contributed by atoms with E-state index in [0.717, 1.165) is 23.3 Å². The Labute approximate surface area is 124 Å². The molecule has 0 aliphatic carbocycles. The lowest BCUT2D eigenvalue weighted by molar-refractivity contribution is 0.414. The summed E-state index contributed by atoms with van der Waals surface area (Å²) >= 11 is 0. The second-order valence-electron chi connectivity index (χ2n) is 5.13. The number of nitrogens with one attached hydrogen (secondary N) is 2. The van der Waals surface area contributed by atoms with Gasteiger partial charge < -0.3 is 15.0 Å². The second-order valence-corrected chi connectivity index (χ2v) is 5.13. The van der Waals surface area contributed by atoms with Crippen LogP contribution in [0.5, 0.6) is 5.75 Å². The normalized spacial score (nSPS) is 12.5. The number of imidazole rings is 1. The standard InChI is InChI=1S/C17H19N3O/c1-12(14-4-6-15(21-2)7-5-14)18-10-13-3-8-16-17(9-13)20-11-19-16/h3-9,11-12,18H,10H2,1-2H3,(H,19,20). The minimum atomic E-state index is 0.283. The van der Waals surface area contributed by atoms with Gasteiger partial charge in [-0.2, -0.15) is 0 Å². The summed E-state index contributed by atoms with van der Waals surface area (Å²) in [5.41, 5.74) is 4.56. The molecule has 0 bridgehead atoms. The smallest absolute Gasteiger partial charge is 0.118 e. The summed E-state index contributed by atoms with van der Waals surface area (Å²) in [6, 6.07) is 14.7. The molecule has 4 heteroatoms. The molecule has 108 valence electrons. The topological polar surface area (TPSA) is 49.9 Å². The highest BCUT2D eigenvalue weighted by atomic mass is 16.5. The summed E-state index contributed by atoms with van der Waals surface area (Å²) in [4.78, 5) is 7.39. The number of methoxy groups -OCH3 is 1. The van der Waals surface area contributed by atoms with Gasteiger partial charge in [0.2, 0.25) is 0 Å². The summed E-state index contributed by atoms with van der Waals surface area (Å²) in [7, 11) is 1.68. The van der Waals surface area contributed by atoms with Gasteiger partial charge in [0.25, 0.3) is 0 Å². The van der Waals surface area contributed by atoms with Crippen LogP contribution in [0, 0.1) is 0 Å². The highest BCUT2D eigenvalue weighted by Gasteiger charge is 2.06. The van der Waals surface area contributed by atoms with Crippen LogP contribution in [-0.4, -0.2) is 17.1 Å². The third-order valence-electron chi connectivity index (χ3n) is 3.71. The zero-order chi connectivity index (χ0) is 14.7. The first-order chi connectivity index (χ1) is 10.3. The summed E-state index contributed by atoms with van der Waals surface area (Å²) < 4.78 is 5.18. The molecule has 3 rings (SSSR count). The number of benzene rings is 2. The fourth-order valence-electron chi connectivity index (χ4n) is 2.37. The highest BCUT2D eigenvalue weighted by Crippen LogP contribution is 2.18. The largest absolute Gasteiger partial charge is 0.497 e. The summed E-state index contributed by atoms with van der Waals surface area (Å²) in [6.45, 7) is 2.98. The number of aromatic nitrogens is 2. The third-order valence-corrected chi connectivity index (χ3v) is 3.71. The Morgan fingerprint density at radius 3 is 2.76 bits per heavy atom. The van der Waals surface area contributed by atoms with Gasteiger partial charge in [0.05, 0.1) is 24.5 Å². The molecule has 1 unspecified atom stereocenters. The summed E-state index contributed by atoms with van der Waals surface area (Å²) in [6.07, 6.45) is 1.72. The summed E-state index contributed by atoms with van der Waals surface area (Å²) in [5.74, 6) is 0.884. The van der Waals surface area contributed by atoms with Crippen molar-refractivity contribution in [1.82, 2.24) is 15.3 Å². The molecule has 1 heterocycles. The van der Waals surface area contributed by atoms with E-state index in [1.807, 2.05) is 12.1 Å². The fraction of sp³-hybridized carbons (Fsp3) is 0.235. The van der Waals surface area contributed by atoms with E-state index in [2.05, 4.69) is 52.5 Å². The van der Waals surface area contributed by atoms with Crippen LogP contribution in [0.3, 0.4) is 0 Å². The fourth-order valence-corrected chi connectivity index (χ4v) is 2.37. The average molecular weight is 281 g/mol. The number of aromatic amines is 1. The lowest BCUT2D eigenvalue weighted by atomic mass is 10.1. The number of H-pyrrole nitrogens is 1. The van der Waals surface area contributed by atoms with Crippen LogP contribution in [0.2, 0.25) is 0 Å². The molecule has 0 spiro atoms. The van der Waals surface area contributed by atoms with Crippen molar-refractivity contribution < 1.29 is 4.74 Å². The van der Waals surface area contributed by atoms with Crippen LogP contribution < -0.4 is 10.1 Å². The lowest BCUT2D eigenvalue weighted by Crippen LogP contribution is -2.17. The zero-order valence-electron chi connectivity index (χ0n) is 12.3. The number of hydrogen-bond acceptors (Lipinski definition) is 3. The molecule has 1 aromatic heterocycles. The molecule has 1 atom stereocenters. The lowest BCUT2D eigenvalue weighted by Gasteiger charge is -2.14. The van der Waals surface area contributed by atoms with Crippen molar-refractivity contribution in [3.8, 4) is 5.75 Å². The van der Waals surface area contributed by atoms with Gasteiger partial charge >= 0.3 is 0 Å². The van der Waals surface area contributed by atoms with E-state index in [4.69, 9.17) is 4.74 Å². The first kappa shape index (κ1) is 13.6. The monoisotopic (exact) mass is 281 g/mol. The number of hydrogen-bond donors (Lipinski definition) is 2. The Hall–Kier alpha value is -2.33. The molecule has 4 nitrogen and oxygen atoms in total. The van der Waals surface area contributed by atoms with Crippen LogP contribution >= 0.6 is 0 Å². The molecule has 0 fully saturated rings. The quantitative estimate of drug-likeness (QED) is 0.753. The van der Waals surface area contributed by atoms with E-state index in [9.17, 15) is 0 Å². The van der Waals surface area contributed by atoms with E-state index in [-0.39, 0.29) is 6.04 Å². The molecule has 0 aliphatic heterocycles. The number of fused-ring (bicyclic) bond motifs is 1. The van der Waals surface area contributed by atoms with Crippen molar-refractivity contribution in [2.24, 2.45) is 0 Å². The Morgan fingerprint density at radius 1 is 1.19 bits per heavy atom. The zero-order valence-corrected chi connectivity index (χ0v) is 12.3. The Kier molecular flexibility index (Phi) is 3.88. The van der Waals surface area contributed by atoms with Gasteiger partial charge in [-0.3, -0.25) is 0 Å². The predicted octanol–water partition coefficient (Wildman–Crippen LogP) is 3.42. The van der Waals surface area contributed by atoms with Gasteiger partial charge in [0.15, 0.2) is 0 Å². The molecule has 2 N–H and O–H groups in total. The molecule has 0 saturated heterocycles. The van der Waals surface area contributed by atoms with Crippen molar-refractivity contribution in [2.45, 2.75) is 19.5 Å². The maximum Gasteiger partial charge on any atom is 0.118 e. The molecule has 3 aromatic rings. The van der Waals surface area contributed by atoms with Crippen molar-refractivity contribution in [3.63, 3.8) is 0 Å². The maximum atomic E-state index is 5.18. The Balaban J connectivity index is 1.65. The SMILES string of the molecule is COc1ccc(C(C)NCc2ccc3[nH]cnc3c2)cc1. The Bertz CT molecular complexity index is 718. The summed E-state index contributed by atoms with van der Waals surface area (Å²) in [5, 5.41) is 3.53. The van der Waals surface area contributed by atoms with Gasteiger partial charge in [-0.15, -0.1) is 0 Å². The third kappa shape index (κ3) is 3.06. The van der Waals surface area contributed by atoms with Crippen molar-refractivity contribution in [1.29, 1.82) is 0 Å². The minimum Gasteiger partial charge on any atom is -0.497 e. The molecule has 21 heavy (non-hydrogen) atoms. The van der Waals surface area contributed by atoms with Gasteiger partial charge in [0, 0.05) is 12.6 Å². The second kappa shape index (κ2) is 5.97. The number of ether oxygens (including phenoxy) is 1. The van der Waals surface area contributed by atoms with Gasteiger partial charge in [-0.25, -0.2) is 4.98 Å². The van der Waals surface area contributed by atoms with Gasteiger partial charge in [-0.05, 0) is 42.3 Å². The molecule has 0 aliphatic rings. The van der Waals surface area contributed by atoms with Gasteiger partial charge in [0.1, 0.15) is 5.75 Å². The number of nitrogens with zero attached hydrogens (tertiary/aromatic N) is 1. The van der Waals surface area contributed by atoms with E-state index < -0.39 is 0 Å². The molecule has 2 aromatic carbocycles. The molecular formula is C17H19N3O. The van der Waals surface area contributed by atoms with E-state index in [1.54, 1.807) is 13.4 Å². The molecular weight excluding hydrogens is 262 g/mol. The van der Waals surface area contributed by atoms with Crippen molar-refractivity contribution in [2.75, 3.05) is 7.11 Å². The highest BCUT2D eigenvalue weighted by molar-refractivity contribution is 5.74. The van der Waals surface area contributed by atoms with Crippen molar-refractivity contribution >= 4 is 11.0 Å². The first-order valence-electron chi connectivity index (χ1n) is 7.05. The molecule has 0 radical (unpaired) electrons. The Morgan fingerprint density at radius 2 is 2.00 bits per heavy atom. The van der Waals surface area contributed by atoms with Crippen LogP contribution in [0.1, 0.15) is 24.1 Å². The van der Waals surface area contributed by atoms with Crippen LogP contribution in [0.25, 0.3) is 11.0 Å². The molecule has 0 amide bonds. The predicted molar refractivity (Wildman–Crippen MR) is 84.3 cm³/mol. The minimum absolute atomic E-state index is 0.283. The van der Waals surface area contributed by atoms with Crippen LogP contribution in [0.15, 0.2) is 48.8 Å².